The smallest absolute Gasteiger partial charge is 0.317 e. The van der Waals surface area contributed by atoms with E-state index < -0.39 is 0 Å². The highest BCUT2D eigenvalue weighted by Gasteiger charge is 2.21. The van der Waals surface area contributed by atoms with Gasteiger partial charge in [0.1, 0.15) is 5.52 Å². The molecule has 2 aromatic rings. The second-order valence-corrected chi connectivity index (χ2v) is 6.63. The van der Waals surface area contributed by atoms with Crippen molar-refractivity contribution in [2.75, 3.05) is 26.2 Å². The number of nitrogens with one attached hydrogen (secondary N) is 2. The van der Waals surface area contributed by atoms with Crippen LogP contribution in [0.25, 0.3) is 11.2 Å². The number of rotatable bonds is 5. The van der Waals surface area contributed by atoms with Crippen LogP contribution in [0.5, 0.6) is 0 Å². The zero-order valence-electron chi connectivity index (χ0n) is 14.1. The molecule has 1 aliphatic carbocycles. The molecule has 132 valence electrons. The molecule has 2 N–H and O–H groups in total. The summed E-state index contributed by atoms with van der Waals surface area (Å²) in [6, 6.07) is 2.18. The maximum Gasteiger partial charge on any atom is 0.317 e. The standard InChI is InChI=1S/C17H22N6O2/c24-16(18-5-7-22-8-6-19-17(22)25)12-9-14-15(20-10-12)23(11-21-14)13-3-1-2-4-13/h9-11,13H,1-8H2,(H,18,24)(H,19,25). The lowest BCUT2D eigenvalue weighted by Crippen LogP contribution is -2.36. The van der Waals surface area contributed by atoms with Crippen LogP contribution < -0.4 is 10.6 Å². The Labute approximate surface area is 145 Å². The van der Waals surface area contributed by atoms with Gasteiger partial charge in [-0.05, 0) is 18.9 Å². The molecule has 2 aromatic heterocycles. The molecule has 3 heterocycles. The number of amides is 3. The molecule has 2 fully saturated rings. The van der Waals surface area contributed by atoms with E-state index in [4.69, 9.17) is 0 Å². The maximum absolute atomic E-state index is 12.3. The topological polar surface area (TPSA) is 92.2 Å². The highest BCUT2D eigenvalue weighted by Crippen LogP contribution is 2.31. The number of imidazole rings is 1. The van der Waals surface area contributed by atoms with Crippen LogP contribution >= 0.6 is 0 Å². The van der Waals surface area contributed by atoms with E-state index in [0.29, 0.717) is 37.8 Å². The largest absolute Gasteiger partial charge is 0.350 e. The Kier molecular flexibility index (Phi) is 4.25. The molecule has 0 aromatic carbocycles. The third-order valence-corrected chi connectivity index (χ3v) is 5.01. The molecule has 4 rings (SSSR count). The molecule has 8 heteroatoms. The Morgan fingerprint density at radius 1 is 1.32 bits per heavy atom. The predicted octanol–water partition coefficient (Wildman–Crippen LogP) is 1.30. The predicted molar refractivity (Wildman–Crippen MR) is 92.3 cm³/mol. The fraction of sp³-hybridized carbons (Fsp3) is 0.529. The van der Waals surface area contributed by atoms with Crippen molar-refractivity contribution in [3.63, 3.8) is 0 Å². The number of urea groups is 1. The zero-order valence-corrected chi connectivity index (χ0v) is 14.1. The van der Waals surface area contributed by atoms with Gasteiger partial charge in [0, 0.05) is 38.4 Å². The number of fused-ring (bicyclic) bond motifs is 1. The van der Waals surface area contributed by atoms with E-state index in [0.717, 1.165) is 11.2 Å². The van der Waals surface area contributed by atoms with Crippen LogP contribution in [-0.4, -0.2) is 57.6 Å². The van der Waals surface area contributed by atoms with Crippen molar-refractivity contribution in [1.29, 1.82) is 0 Å². The van der Waals surface area contributed by atoms with E-state index in [1.807, 2.05) is 6.33 Å². The first-order valence-electron chi connectivity index (χ1n) is 8.86. The van der Waals surface area contributed by atoms with E-state index in [9.17, 15) is 9.59 Å². The van der Waals surface area contributed by atoms with Crippen LogP contribution in [0.2, 0.25) is 0 Å². The summed E-state index contributed by atoms with van der Waals surface area (Å²) in [7, 11) is 0. The zero-order chi connectivity index (χ0) is 17.2. The van der Waals surface area contributed by atoms with Crippen LogP contribution in [0, 0.1) is 0 Å². The summed E-state index contributed by atoms with van der Waals surface area (Å²) in [5.74, 6) is -0.190. The van der Waals surface area contributed by atoms with Crippen molar-refractivity contribution >= 4 is 23.1 Å². The SMILES string of the molecule is O=C(NCCN1CCNC1=O)c1cnc2c(c1)ncn2C1CCCC1. The van der Waals surface area contributed by atoms with Gasteiger partial charge < -0.3 is 20.1 Å². The fourth-order valence-corrected chi connectivity index (χ4v) is 3.62. The summed E-state index contributed by atoms with van der Waals surface area (Å²) in [5, 5.41) is 5.58. The average molecular weight is 342 g/mol. The van der Waals surface area contributed by atoms with Gasteiger partial charge >= 0.3 is 6.03 Å². The summed E-state index contributed by atoms with van der Waals surface area (Å²) in [6.45, 7) is 2.27. The molecule has 0 unspecified atom stereocenters. The van der Waals surface area contributed by atoms with Gasteiger partial charge in [0.15, 0.2) is 5.65 Å². The van der Waals surface area contributed by atoms with E-state index in [1.54, 1.807) is 17.2 Å². The molecular weight excluding hydrogens is 320 g/mol. The number of hydrogen-bond donors (Lipinski definition) is 2. The molecule has 0 bridgehead atoms. The molecule has 1 saturated carbocycles. The van der Waals surface area contributed by atoms with Gasteiger partial charge in [0.25, 0.3) is 5.91 Å². The molecule has 0 atom stereocenters. The van der Waals surface area contributed by atoms with Gasteiger partial charge in [-0.3, -0.25) is 4.79 Å². The van der Waals surface area contributed by atoms with E-state index in [2.05, 4.69) is 25.2 Å². The number of aromatic nitrogens is 3. The van der Waals surface area contributed by atoms with Crippen LogP contribution in [0.15, 0.2) is 18.6 Å². The summed E-state index contributed by atoms with van der Waals surface area (Å²) in [4.78, 5) is 34.3. The van der Waals surface area contributed by atoms with Gasteiger partial charge in [0.05, 0.1) is 11.9 Å². The Bertz CT molecular complexity index is 796. The minimum atomic E-state index is -0.190. The van der Waals surface area contributed by atoms with Gasteiger partial charge in [-0.1, -0.05) is 12.8 Å². The molecule has 8 nitrogen and oxygen atoms in total. The van der Waals surface area contributed by atoms with E-state index in [1.165, 1.54) is 25.7 Å². The number of pyridine rings is 1. The number of hydrogen-bond acceptors (Lipinski definition) is 4. The monoisotopic (exact) mass is 342 g/mol. The molecule has 0 radical (unpaired) electrons. The van der Waals surface area contributed by atoms with Crippen molar-refractivity contribution in [3.8, 4) is 0 Å². The molecule has 0 spiro atoms. The molecule has 25 heavy (non-hydrogen) atoms. The first kappa shape index (κ1) is 15.9. The highest BCUT2D eigenvalue weighted by atomic mass is 16.2. The Hall–Kier alpha value is -2.64. The average Bonchev–Trinajstić information content (AvgIpc) is 3.34. The van der Waals surface area contributed by atoms with Crippen molar-refractivity contribution in [2.45, 2.75) is 31.7 Å². The summed E-state index contributed by atoms with van der Waals surface area (Å²) in [5.41, 5.74) is 2.09. The lowest BCUT2D eigenvalue weighted by Gasteiger charge is -2.14. The van der Waals surface area contributed by atoms with Crippen LogP contribution in [0.1, 0.15) is 42.1 Å². The van der Waals surface area contributed by atoms with Gasteiger partial charge in [0.2, 0.25) is 0 Å². The normalized spacial score (nSPS) is 18.1. The third-order valence-electron chi connectivity index (χ3n) is 5.01. The van der Waals surface area contributed by atoms with Gasteiger partial charge in [-0.25, -0.2) is 14.8 Å². The quantitative estimate of drug-likeness (QED) is 0.857. The first-order valence-corrected chi connectivity index (χ1v) is 8.86. The molecule has 3 amide bonds. The Morgan fingerprint density at radius 3 is 2.92 bits per heavy atom. The van der Waals surface area contributed by atoms with Crippen LogP contribution in [0.4, 0.5) is 4.79 Å². The van der Waals surface area contributed by atoms with Crippen molar-refractivity contribution < 1.29 is 9.59 Å². The van der Waals surface area contributed by atoms with Gasteiger partial charge in [-0.15, -0.1) is 0 Å². The lowest BCUT2D eigenvalue weighted by molar-refractivity contribution is 0.0950. The highest BCUT2D eigenvalue weighted by molar-refractivity contribution is 5.96. The first-order chi connectivity index (χ1) is 12.2. The molecule has 1 saturated heterocycles. The van der Waals surface area contributed by atoms with E-state index in [-0.39, 0.29) is 11.9 Å². The Morgan fingerprint density at radius 2 is 2.16 bits per heavy atom. The van der Waals surface area contributed by atoms with Crippen LogP contribution in [-0.2, 0) is 0 Å². The number of carbonyl (C=O) groups is 2. The summed E-state index contributed by atoms with van der Waals surface area (Å²) in [6.07, 6.45) is 8.27. The van der Waals surface area contributed by atoms with E-state index >= 15 is 0 Å². The van der Waals surface area contributed by atoms with Crippen molar-refractivity contribution in [3.05, 3.63) is 24.2 Å². The number of carbonyl (C=O) groups excluding carboxylic acids is 2. The Balaban J connectivity index is 1.40. The van der Waals surface area contributed by atoms with Crippen LogP contribution in [0.3, 0.4) is 0 Å². The molecule has 2 aliphatic rings. The minimum Gasteiger partial charge on any atom is -0.350 e. The second kappa shape index (κ2) is 6.70. The molecule has 1 aliphatic heterocycles. The minimum absolute atomic E-state index is 0.0743. The van der Waals surface area contributed by atoms with Crippen molar-refractivity contribution in [2.24, 2.45) is 0 Å². The third kappa shape index (κ3) is 3.16. The number of nitrogens with zero attached hydrogens (tertiary/aromatic N) is 4. The van der Waals surface area contributed by atoms with Gasteiger partial charge in [-0.2, -0.15) is 0 Å². The second-order valence-electron chi connectivity index (χ2n) is 6.63. The molecular formula is C17H22N6O2. The lowest BCUT2D eigenvalue weighted by atomic mass is 10.2. The maximum atomic E-state index is 12.3. The summed E-state index contributed by atoms with van der Waals surface area (Å²) < 4.78 is 2.13. The summed E-state index contributed by atoms with van der Waals surface area (Å²) >= 11 is 0. The fourth-order valence-electron chi connectivity index (χ4n) is 3.62. The van der Waals surface area contributed by atoms with Crippen molar-refractivity contribution in [1.82, 2.24) is 30.1 Å².